The lowest BCUT2D eigenvalue weighted by Gasteiger charge is -2.48. The Morgan fingerprint density at radius 1 is 1.26 bits per heavy atom. The van der Waals surface area contributed by atoms with Crippen molar-refractivity contribution in [3.8, 4) is 5.75 Å². The number of rotatable bonds is 7. The van der Waals surface area contributed by atoms with E-state index >= 15 is 0 Å². The third-order valence-corrected chi connectivity index (χ3v) is 7.16. The lowest BCUT2D eigenvalue weighted by molar-refractivity contribution is -0.111. The summed E-state index contributed by atoms with van der Waals surface area (Å²) in [6.07, 6.45) is 10.1. The quantitative estimate of drug-likeness (QED) is 0.419. The minimum absolute atomic E-state index is 0.00662. The van der Waals surface area contributed by atoms with E-state index in [2.05, 4.69) is 25.5 Å². The monoisotopic (exact) mass is 495 g/mol. The third-order valence-electron chi connectivity index (χ3n) is 6.87. The van der Waals surface area contributed by atoms with Crippen LogP contribution in [0.25, 0.3) is 10.9 Å². The molecule has 182 valence electrons. The van der Waals surface area contributed by atoms with Crippen LogP contribution < -0.4 is 15.4 Å². The van der Waals surface area contributed by atoms with E-state index in [0.717, 1.165) is 19.0 Å². The van der Waals surface area contributed by atoms with E-state index in [1.165, 1.54) is 44.1 Å². The van der Waals surface area contributed by atoms with Gasteiger partial charge in [0.15, 0.2) is 0 Å². The number of fused-ring (bicyclic) bond motifs is 2. The molecule has 1 aromatic heterocycles. The summed E-state index contributed by atoms with van der Waals surface area (Å²) in [4.78, 5) is 23.8. The van der Waals surface area contributed by atoms with Crippen LogP contribution in [0.2, 0.25) is 5.02 Å². The van der Waals surface area contributed by atoms with Crippen LogP contribution in [0.15, 0.2) is 48.8 Å². The highest BCUT2D eigenvalue weighted by Crippen LogP contribution is 2.39. The van der Waals surface area contributed by atoms with E-state index in [0.29, 0.717) is 39.9 Å². The molecule has 2 unspecified atom stereocenters. The molecule has 2 heterocycles. The molecule has 2 aliphatic rings. The average molecular weight is 496 g/mol. The molecule has 2 fully saturated rings. The maximum Gasteiger partial charge on any atom is 0.248 e. The largest absolute Gasteiger partial charge is 0.494 e. The highest BCUT2D eigenvalue weighted by atomic mass is 35.5. The minimum atomic E-state index is -0.500. The van der Waals surface area contributed by atoms with Gasteiger partial charge in [-0.3, -0.25) is 9.69 Å². The zero-order valence-electron chi connectivity index (χ0n) is 19.4. The number of carbonyl (C=O) groups is 1. The van der Waals surface area contributed by atoms with Gasteiger partial charge in [0.2, 0.25) is 5.91 Å². The van der Waals surface area contributed by atoms with Gasteiger partial charge in [-0.1, -0.05) is 17.7 Å². The number of anilines is 3. The summed E-state index contributed by atoms with van der Waals surface area (Å²) in [5.74, 6) is 1.08. The molecule has 2 atom stereocenters. The number of nitrogens with zero attached hydrogens (tertiary/aromatic N) is 3. The number of benzene rings is 2. The Balaban J connectivity index is 1.33. The standard InChI is InChI=1S/C26H27ClFN5O2/c1-35-24-14-21-18(26(30-15-29-21)31-17-7-8-20(28)19(27)12-17)13-22(24)32-25(34)5-3-11-33-10-2-4-16-6-9-23(16)33/h3,5,7-8,12-16,23H,2,4,6,9-11H2,1H3,(H,32,34)(H,29,30,31)/b5-3+. The number of carbonyl (C=O) groups excluding carboxylic acids is 1. The van der Waals surface area contributed by atoms with Crippen LogP contribution in [-0.2, 0) is 4.79 Å². The summed E-state index contributed by atoms with van der Waals surface area (Å²) in [6.45, 7) is 1.88. The van der Waals surface area contributed by atoms with Gasteiger partial charge in [-0.2, -0.15) is 0 Å². The molecule has 2 aromatic carbocycles. The molecule has 5 rings (SSSR count). The number of amides is 1. The Morgan fingerprint density at radius 3 is 2.91 bits per heavy atom. The smallest absolute Gasteiger partial charge is 0.248 e. The van der Waals surface area contributed by atoms with Crippen LogP contribution >= 0.6 is 11.6 Å². The molecular formula is C26H27ClFN5O2. The molecule has 7 nitrogen and oxygen atoms in total. The number of nitrogens with one attached hydrogen (secondary N) is 2. The van der Waals surface area contributed by atoms with Gasteiger partial charge in [0.1, 0.15) is 23.7 Å². The first-order valence-corrected chi connectivity index (χ1v) is 12.2. The van der Waals surface area contributed by atoms with Gasteiger partial charge in [-0.15, -0.1) is 0 Å². The van der Waals surface area contributed by atoms with Gasteiger partial charge < -0.3 is 15.4 Å². The van der Waals surface area contributed by atoms with E-state index in [9.17, 15) is 9.18 Å². The summed E-state index contributed by atoms with van der Waals surface area (Å²) in [5.41, 5.74) is 1.70. The summed E-state index contributed by atoms with van der Waals surface area (Å²) in [6, 6.07) is 8.51. The Labute approximate surface area is 208 Å². The van der Waals surface area contributed by atoms with E-state index in [1.807, 2.05) is 6.08 Å². The van der Waals surface area contributed by atoms with Crippen molar-refractivity contribution in [1.29, 1.82) is 0 Å². The average Bonchev–Trinajstić information content (AvgIpc) is 2.82. The van der Waals surface area contributed by atoms with Crippen molar-refractivity contribution in [2.24, 2.45) is 5.92 Å². The molecular weight excluding hydrogens is 469 g/mol. The second-order valence-corrected chi connectivity index (χ2v) is 9.39. The van der Waals surface area contributed by atoms with Crippen LogP contribution in [-0.4, -0.2) is 47.0 Å². The fourth-order valence-electron chi connectivity index (χ4n) is 4.95. The van der Waals surface area contributed by atoms with Crippen LogP contribution in [0.5, 0.6) is 5.75 Å². The lowest BCUT2D eigenvalue weighted by atomic mass is 9.73. The van der Waals surface area contributed by atoms with Crippen molar-refractivity contribution < 1.29 is 13.9 Å². The number of hydrogen-bond acceptors (Lipinski definition) is 6. The molecule has 0 radical (unpaired) electrons. The van der Waals surface area contributed by atoms with Crippen molar-refractivity contribution in [2.45, 2.75) is 31.7 Å². The Bertz CT molecular complexity index is 1280. The number of halogens is 2. The second-order valence-electron chi connectivity index (χ2n) is 8.98. The molecule has 9 heteroatoms. The summed E-state index contributed by atoms with van der Waals surface area (Å²) in [5, 5.41) is 6.72. The van der Waals surface area contributed by atoms with Gasteiger partial charge in [0.25, 0.3) is 0 Å². The molecule has 1 aliphatic heterocycles. The maximum atomic E-state index is 13.5. The number of likely N-dealkylation sites (tertiary alicyclic amines) is 1. The number of methoxy groups -OCH3 is 1. The van der Waals surface area contributed by atoms with Crippen molar-refractivity contribution in [3.05, 3.63) is 59.7 Å². The zero-order valence-corrected chi connectivity index (χ0v) is 20.2. The van der Waals surface area contributed by atoms with Crippen LogP contribution in [0.4, 0.5) is 21.6 Å². The Morgan fingerprint density at radius 2 is 2.14 bits per heavy atom. The third kappa shape index (κ3) is 5.09. The van der Waals surface area contributed by atoms with E-state index < -0.39 is 5.82 Å². The molecule has 1 saturated carbocycles. The number of aromatic nitrogens is 2. The minimum Gasteiger partial charge on any atom is -0.494 e. The number of hydrogen-bond donors (Lipinski definition) is 2. The molecule has 0 bridgehead atoms. The van der Waals surface area contributed by atoms with Crippen molar-refractivity contribution >= 4 is 45.6 Å². The van der Waals surface area contributed by atoms with Gasteiger partial charge in [0, 0.05) is 35.8 Å². The Kier molecular flexibility index (Phi) is 6.83. The highest BCUT2D eigenvalue weighted by molar-refractivity contribution is 6.31. The summed E-state index contributed by atoms with van der Waals surface area (Å²) < 4.78 is 19.0. The SMILES string of the molecule is COc1cc2ncnc(Nc3ccc(F)c(Cl)c3)c2cc1NC(=O)/C=C/CN1CCCC2CCC21. The molecule has 0 spiro atoms. The van der Waals surface area contributed by atoms with Gasteiger partial charge in [-0.25, -0.2) is 14.4 Å². The van der Waals surface area contributed by atoms with E-state index in [4.69, 9.17) is 16.3 Å². The lowest BCUT2D eigenvalue weighted by Crippen LogP contribution is -2.50. The predicted octanol–water partition coefficient (Wildman–Crippen LogP) is 5.54. The maximum absolute atomic E-state index is 13.5. The van der Waals surface area contributed by atoms with Crippen LogP contribution in [0, 0.1) is 11.7 Å². The van der Waals surface area contributed by atoms with Crippen molar-refractivity contribution in [1.82, 2.24) is 14.9 Å². The topological polar surface area (TPSA) is 79.4 Å². The molecule has 2 N–H and O–H groups in total. The van der Waals surface area contributed by atoms with Crippen molar-refractivity contribution in [2.75, 3.05) is 30.8 Å². The summed E-state index contributed by atoms with van der Waals surface area (Å²) >= 11 is 5.91. The van der Waals surface area contributed by atoms with E-state index in [1.54, 1.807) is 31.4 Å². The Hall–Kier alpha value is -3.23. The van der Waals surface area contributed by atoms with Gasteiger partial charge >= 0.3 is 0 Å². The molecule has 1 aliphatic carbocycles. The summed E-state index contributed by atoms with van der Waals surface area (Å²) in [7, 11) is 1.54. The van der Waals surface area contributed by atoms with Crippen LogP contribution in [0.3, 0.4) is 0 Å². The molecule has 3 aromatic rings. The first kappa shape index (κ1) is 23.5. The van der Waals surface area contributed by atoms with Crippen molar-refractivity contribution in [3.63, 3.8) is 0 Å². The number of piperidine rings is 1. The first-order chi connectivity index (χ1) is 17.0. The van der Waals surface area contributed by atoms with Gasteiger partial charge in [-0.05, 0) is 62.4 Å². The normalized spacial score (nSPS) is 19.9. The van der Waals surface area contributed by atoms with Crippen LogP contribution in [0.1, 0.15) is 25.7 Å². The second kappa shape index (κ2) is 10.2. The fourth-order valence-corrected chi connectivity index (χ4v) is 5.13. The molecule has 35 heavy (non-hydrogen) atoms. The molecule has 1 amide bonds. The zero-order chi connectivity index (χ0) is 24.4. The first-order valence-electron chi connectivity index (χ1n) is 11.8. The highest BCUT2D eigenvalue weighted by Gasteiger charge is 2.37. The predicted molar refractivity (Wildman–Crippen MR) is 136 cm³/mol. The van der Waals surface area contributed by atoms with E-state index in [-0.39, 0.29) is 10.9 Å². The fraction of sp³-hybridized carbons (Fsp3) is 0.346. The molecule has 1 saturated heterocycles. The van der Waals surface area contributed by atoms with Gasteiger partial charge in [0.05, 0.1) is 23.3 Å². The number of ether oxygens (including phenoxy) is 1.